The van der Waals surface area contributed by atoms with Crippen LogP contribution in [-0.2, 0) is 9.53 Å². The summed E-state index contributed by atoms with van der Waals surface area (Å²) < 4.78 is 4.84. The lowest BCUT2D eigenvalue weighted by molar-refractivity contribution is -0.142. The third-order valence-corrected chi connectivity index (χ3v) is 2.12. The lowest BCUT2D eigenvalue weighted by Crippen LogP contribution is -2.22. The van der Waals surface area contributed by atoms with Gasteiger partial charge in [0.25, 0.3) is 0 Å². The molecule has 88 valence electrons. The van der Waals surface area contributed by atoms with Crippen LogP contribution in [-0.4, -0.2) is 31.2 Å². The summed E-state index contributed by atoms with van der Waals surface area (Å²) in [7, 11) is 1.87. The quantitative estimate of drug-likeness (QED) is 0.756. The number of nitrogens with zero attached hydrogens (tertiary/aromatic N) is 2. The van der Waals surface area contributed by atoms with Gasteiger partial charge in [-0.1, -0.05) is 0 Å². The first-order valence-electron chi connectivity index (χ1n) is 5.21. The first-order valence-corrected chi connectivity index (χ1v) is 5.21. The molecule has 0 saturated carbocycles. The van der Waals surface area contributed by atoms with Crippen LogP contribution in [0.15, 0.2) is 18.3 Å². The maximum absolute atomic E-state index is 11.1. The highest BCUT2D eigenvalue weighted by Crippen LogP contribution is 2.10. The number of carbonyl (C=O) groups is 1. The fourth-order valence-corrected chi connectivity index (χ4v) is 1.23. The van der Waals surface area contributed by atoms with E-state index < -0.39 is 0 Å². The zero-order valence-corrected chi connectivity index (χ0v) is 9.64. The number of carbonyl (C=O) groups excluding carboxylic acids is 1. The smallest absolute Gasteiger partial charge is 0.307 e. The molecular weight excluding hydrogens is 206 g/mol. The average Bonchev–Trinajstić information content (AvgIpc) is 2.27. The molecule has 1 heterocycles. The van der Waals surface area contributed by atoms with E-state index in [-0.39, 0.29) is 5.97 Å². The van der Waals surface area contributed by atoms with Crippen molar-refractivity contribution in [3.8, 4) is 0 Å². The normalized spacial score (nSPS) is 9.88. The number of nitrogen functional groups attached to an aromatic ring is 1. The maximum atomic E-state index is 11.1. The van der Waals surface area contributed by atoms with Gasteiger partial charge in [0.2, 0.25) is 0 Å². The standard InChI is InChI=1S/C11H17N3O2/c1-3-16-11(15)6-7-14(2)10-5-4-9(12)8-13-10/h4-5,8H,3,6-7,12H2,1-2H3. The Balaban J connectivity index is 2.43. The SMILES string of the molecule is CCOC(=O)CCN(C)c1ccc(N)cn1. The maximum Gasteiger partial charge on any atom is 0.307 e. The van der Waals surface area contributed by atoms with Crippen molar-refractivity contribution in [2.45, 2.75) is 13.3 Å². The number of hydrogen-bond donors (Lipinski definition) is 1. The Morgan fingerprint density at radius 3 is 2.88 bits per heavy atom. The predicted octanol–water partition coefficient (Wildman–Crippen LogP) is 1.05. The van der Waals surface area contributed by atoms with E-state index in [0.29, 0.717) is 25.3 Å². The molecule has 0 fully saturated rings. The Morgan fingerprint density at radius 1 is 1.56 bits per heavy atom. The second-order valence-corrected chi connectivity index (χ2v) is 3.43. The molecule has 5 heteroatoms. The van der Waals surface area contributed by atoms with Gasteiger partial charge in [0, 0.05) is 13.6 Å². The van der Waals surface area contributed by atoms with Crippen LogP contribution in [0.2, 0.25) is 0 Å². The Labute approximate surface area is 95.2 Å². The van der Waals surface area contributed by atoms with Gasteiger partial charge in [-0.25, -0.2) is 4.98 Å². The monoisotopic (exact) mass is 223 g/mol. The van der Waals surface area contributed by atoms with Crippen LogP contribution in [0.5, 0.6) is 0 Å². The van der Waals surface area contributed by atoms with Crippen LogP contribution in [0.25, 0.3) is 0 Å². The van der Waals surface area contributed by atoms with Gasteiger partial charge in [-0.05, 0) is 19.1 Å². The van der Waals surface area contributed by atoms with E-state index in [0.717, 1.165) is 5.82 Å². The Hall–Kier alpha value is -1.78. The molecule has 0 unspecified atom stereocenters. The van der Waals surface area contributed by atoms with Crippen molar-refractivity contribution >= 4 is 17.5 Å². The van der Waals surface area contributed by atoms with Crippen molar-refractivity contribution < 1.29 is 9.53 Å². The van der Waals surface area contributed by atoms with E-state index in [1.54, 1.807) is 19.2 Å². The average molecular weight is 223 g/mol. The van der Waals surface area contributed by atoms with Gasteiger partial charge in [0.1, 0.15) is 5.82 Å². The summed E-state index contributed by atoms with van der Waals surface area (Å²) in [4.78, 5) is 17.2. The lowest BCUT2D eigenvalue weighted by Gasteiger charge is -2.17. The van der Waals surface area contributed by atoms with Crippen molar-refractivity contribution in [3.63, 3.8) is 0 Å². The van der Waals surface area contributed by atoms with Gasteiger partial charge < -0.3 is 15.4 Å². The number of rotatable bonds is 5. The minimum atomic E-state index is -0.190. The summed E-state index contributed by atoms with van der Waals surface area (Å²) in [5.41, 5.74) is 6.16. The van der Waals surface area contributed by atoms with E-state index in [4.69, 9.17) is 10.5 Å². The molecule has 0 atom stereocenters. The number of nitrogens with two attached hydrogens (primary N) is 1. The van der Waals surface area contributed by atoms with Crippen molar-refractivity contribution in [2.75, 3.05) is 30.8 Å². The summed E-state index contributed by atoms with van der Waals surface area (Å²) in [5, 5.41) is 0. The van der Waals surface area contributed by atoms with Crippen LogP contribution in [0.4, 0.5) is 11.5 Å². The molecule has 5 nitrogen and oxygen atoms in total. The molecule has 0 aliphatic heterocycles. The number of anilines is 2. The molecule has 0 radical (unpaired) electrons. The molecule has 0 amide bonds. The van der Waals surface area contributed by atoms with Gasteiger partial charge in [0.05, 0.1) is 24.9 Å². The fourth-order valence-electron chi connectivity index (χ4n) is 1.23. The molecule has 1 aromatic rings. The topological polar surface area (TPSA) is 68.5 Å². The first-order chi connectivity index (χ1) is 7.63. The summed E-state index contributed by atoms with van der Waals surface area (Å²) >= 11 is 0. The largest absolute Gasteiger partial charge is 0.466 e. The van der Waals surface area contributed by atoms with E-state index >= 15 is 0 Å². The highest BCUT2D eigenvalue weighted by Gasteiger charge is 2.06. The van der Waals surface area contributed by atoms with Crippen LogP contribution < -0.4 is 10.6 Å². The summed E-state index contributed by atoms with van der Waals surface area (Å²) in [6, 6.07) is 3.60. The first kappa shape index (κ1) is 12.3. The summed E-state index contributed by atoms with van der Waals surface area (Å²) in [5.74, 6) is 0.600. The second kappa shape index (κ2) is 5.95. The number of ether oxygens (including phenoxy) is 1. The zero-order chi connectivity index (χ0) is 12.0. The summed E-state index contributed by atoms with van der Waals surface area (Å²) in [6.45, 7) is 2.79. The lowest BCUT2D eigenvalue weighted by atomic mass is 10.3. The van der Waals surface area contributed by atoms with Crippen molar-refractivity contribution in [1.29, 1.82) is 0 Å². The number of esters is 1. The molecular formula is C11H17N3O2. The second-order valence-electron chi connectivity index (χ2n) is 3.43. The molecule has 0 aliphatic rings. The third kappa shape index (κ3) is 3.76. The van der Waals surface area contributed by atoms with Crippen LogP contribution in [0.3, 0.4) is 0 Å². The minimum Gasteiger partial charge on any atom is -0.466 e. The van der Waals surface area contributed by atoms with E-state index in [1.165, 1.54) is 0 Å². The minimum absolute atomic E-state index is 0.190. The molecule has 16 heavy (non-hydrogen) atoms. The number of aromatic nitrogens is 1. The van der Waals surface area contributed by atoms with E-state index in [9.17, 15) is 4.79 Å². The molecule has 1 rings (SSSR count). The molecule has 0 bridgehead atoms. The zero-order valence-electron chi connectivity index (χ0n) is 9.64. The van der Waals surface area contributed by atoms with Gasteiger partial charge in [-0.15, -0.1) is 0 Å². The Bertz CT molecular complexity index is 338. The Kier molecular flexibility index (Phi) is 4.57. The third-order valence-electron chi connectivity index (χ3n) is 2.12. The van der Waals surface area contributed by atoms with Crippen LogP contribution >= 0.6 is 0 Å². The fraction of sp³-hybridized carbons (Fsp3) is 0.455. The van der Waals surface area contributed by atoms with Gasteiger partial charge in [0.15, 0.2) is 0 Å². The number of hydrogen-bond acceptors (Lipinski definition) is 5. The van der Waals surface area contributed by atoms with Gasteiger partial charge in [-0.3, -0.25) is 4.79 Å². The van der Waals surface area contributed by atoms with Gasteiger partial charge in [-0.2, -0.15) is 0 Å². The van der Waals surface area contributed by atoms with Crippen LogP contribution in [0.1, 0.15) is 13.3 Å². The van der Waals surface area contributed by atoms with Crippen molar-refractivity contribution in [3.05, 3.63) is 18.3 Å². The number of pyridine rings is 1. The molecule has 0 aromatic carbocycles. The molecule has 2 N–H and O–H groups in total. The molecule has 0 aliphatic carbocycles. The van der Waals surface area contributed by atoms with E-state index in [1.807, 2.05) is 18.0 Å². The van der Waals surface area contributed by atoms with Crippen molar-refractivity contribution in [1.82, 2.24) is 4.98 Å². The highest BCUT2D eigenvalue weighted by atomic mass is 16.5. The Morgan fingerprint density at radius 2 is 2.31 bits per heavy atom. The molecule has 1 aromatic heterocycles. The van der Waals surface area contributed by atoms with E-state index in [2.05, 4.69) is 4.98 Å². The van der Waals surface area contributed by atoms with Gasteiger partial charge >= 0.3 is 5.97 Å². The highest BCUT2D eigenvalue weighted by molar-refractivity contribution is 5.70. The van der Waals surface area contributed by atoms with Crippen molar-refractivity contribution in [2.24, 2.45) is 0 Å². The molecule has 0 saturated heterocycles. The predicted molar refractivity (Wildman–Crippen MR) is 63.2 cm³/mol. The van der Waals surface area contributed by atoms with Crippen LogP contribution in [0, 0.1) is 0 Å². The molecule has 0 spiro atoms. The summed E-state index contributed by atoms with van der Waals surface area (Å²) in [6.07, 6.45) is 1.95.